The maximum Gasteiger partial charge on any atom is 0.0691 e. The first-order valence-corrected chi connectivity index (χ1v) is 16.7. The summed E-state index contributed by atoms with van der Waals surface area (Å²) in [6, 6.07) is 0. The maximum absolute atomic E-state index is 7.37. The van der Waals surface area contributed by atoms with Gasteiger partial charge in [0.2, 0.25) is 0 Å². The second-order valence-electron chi connectivity index (χ2n) is 12.2. The minimum atomic E-state index is 0.126. The number of rotatable bonds is 28. The molecule has 0 bridgehead atoms. The topological polar surface area (TPSA) is 113 Å². The van der Waals surface area contributed by atoms with Crippen LogP contribution >= 0.6 is 0 Å². The molecule has 0 spiro atoms. The van der Waals surface area contributed by atoms with Crippen molar-refractivity contribution in [3.8, 4) is 0 Å². The van der Waals surface area contributed by atoms with Gasteiger partial charge in [-0.25, -0.2) is 0 Å². The molecule has 1 rings (SSSR count). The van der Waals surface area contributed by atoms with E-state index in [1.54, 1.807) is 0 Å². The van der Waals surface area contributed by atoms with Crippen molar-refractivity contribution >= 4 is 0 Å². The third-order valence-electron chi connectivity index (χ3n) is 8.82. The Morgan fingerprint density at radius 3 is 0.784 bits per heavy atom. The Kier molecular flexibility index (Phi) is 22.3. The molecule has 0 saturated carbocycles. The fraction of sp³-hybridized carbons (Fsp3) is 1.00. The first-order chi connectivity index (χ1) is 18.2. The normalized spacial score (nSPS) is 16.5. The van der Waals surface area contributed by atoms with E-state index in [2.05, 4.69) is 0 Å². The van der Waals surface area contributed by atoms with Crippen molar-refractivity contribution in [2.45, 2.75) is 178 Å². The predicted molar refractivity (Wildman–Crippen MR) is 163 cm³/mol. The van der Waals surface area contributed by atoms with E-state index in [0.29, 0.717) is 0 Å². The molecule has 37 heavy (non-hydrogen) atoms. The summed E-state index contributed by atoms with van der Waals surface area (Å²) in [6.07, 6.45) is 33.2. The fourth-order valence-corrected chi connectivity index (χ4v) is 6.46. The van der Waals surface area contributed by atoms with Gasteiger partial charge in [0.1, 0.15) is 0 Å². The number of hydrogen-bond acceptors (Lipinski definition) is 5. The minimum absolute atomic E-state index is 0.126. The lowest BCUT2D eigenvalue weighted by Gasteiger charge is -2.36. The van der Waals surface area contributed by atoms with Crippen LogP contribution in [0.1, 0.15) is 167 Å². The molecule has 5 heteroatoms. The van der Waals surface area contributed by atoms with Crippen LogP contribution in [-0.4, -0.2) is 37.4 Å². The van der Waals surface area contributed by atoms with Crippen LogP contribution in [0.5, 0.6) is 0 Å². The number of hydrogen-bond donors (Lipinski definition) is 4. The van der Waals surface area contributed by atoms with Crippen LogP contribution in [0.2, 0.25) is 0 Å². The Morgan fingerprint density at radius 1 is 0.324 bits per heavy atom. The van der Waals surface area contributed by atoms with Crippen LogP contribution in [0.3, 0.4) is 0 Å². The van der Waals surface area contributed by atoms with Crippen molar-refractivity contribution in [1.82, 2.24) is 0 Å². The molecule has 1 aliphatic heterocycles. The van der Waals surface area contributed by atoms with Gasteiger partial charge in [0, 0.05) is 0 Å². The molecule has 1 fully saturated rings. The van der Waals surface area contributed by atoms with Crippen molar-refractivity contribution in [2.75, 3.05) is 26.2 Å². The second kappa shape index (κ2) is 23.7. The van der Waals surface area contributed by atoms with Gasteiger partial charge in [0.25, 0.3) is 0 Å². The molecule has 0 aromatic carbocycles. The molecule has 1 saturated heterocycles. The summed E-state index contributed by atoms with van der Waals surface area (Å²) in [7, 11) is 0. The van der Waals surface area contributed by atoms with Crippen LogP contribution < -0.4 is 22.9 Å². The predicted octanol–water partition coefficient (Wildman–Crippen LogP) is 7.47. The second-order valence-corrected chi connectivity index (χ2v) is 12.2. The van der Waals surface area contributed by atoms with Crippen LogP contribution in [0, 0.1) is 0 Å². The van der Waals surface area contributed by atoms with Gasteiger partial charge in [0.15, 0.2) is 0 Å². The molecular weight excluding hydrogens is 456 g/mol. The standard InChI is InChI=1S/C32H68N4O/c33-27-17-9-1-5-13-21-31(22-14-6-2-10-18-28-34)25-26-32(37-31,23-15-7-3-11-19-29-35)24-16-8-4-12-20-30-36/h1-30,33-36H2. The van der Waals surface area contributed by atoms with Gasteiger partial charge in [-0.1, -0.05) is 103 Å². The SMILES string of the molecule is NCCCCCCCC1(CCCCCCCN)CCC(CCCCCCCN)(CCCCCCCN)O1. The lowest BCUT2D eigenvalue weighted by molar-refractivity contribution is -0.122. The van der Waals surface area contributed by atoms with Gasteiger partial charge < -0.3 is 27.7 Å². The van der Waals surface area contributed by atoms with Gasteiger partial charge in [-0.05, 0) is 90.4 Å². The molecule has 1 heterocycles. The molecule has 0 unspecified atom stereocenters. The average Bonchev–Trinajstić information content (AvgIpc) is 3.26. The zero-order valence-electron chi connectivity index (χ0n) is 24.9. The van der Waals surface area contributed by atoms with Crippen LogP contribution in [-0.2, 0) is 4.74 Å². The lowest BCUT2D eigenvalue weighted by Crippen LogP contribution is -2.36. The Labute approximate surface area is 232 Å². The van der Waals surface area contributed by atoms with E-state index < -0.39 is 0 Å². The molecule has 0 amide bonds. The summed E-state index contributed by atoms with van der Waals surface area (Å²) in [5.74, 6) is 0. The van der Waals surface area contributed by atoms with Gasteiger partial charge in [-0.3, -0.25) is 0 Å². The van der Waals surface area contributed by atoms with E-state index >= 15 is 0 Å². The summed E-state index contributed by atoms with van der Waals surface area (Å²) in [5, 5.41) is 0. The summed E-state index contributed by atoms with van der Waals surface area (Å²) in [6.45, 7) is 3.33. The van der Waals surface area contributed by atoms with E-state index in [1.807, 2.05) is 0 Å². The highest BCUT2D eigenvalue weighted by molar-refractivity contribution is 4.97. The Morgan fingerprint density at radius 2 is 0.541 bits per heavy atom. The van der Waals surface area contributed by atoms with Crippen LogP contribution in [0.25, 0.3) is 0 Å². The van der Waals surface area contributed by atoms with E-state index in [9.17, 15) is 0 Å². The van der Waals surface area contributed by atoms with E-state index in [1.165, 1.54) is 167 Å². The van der Waals surface area contributed by atoms with E-state index in [0.717, 1.165) is 26.2 Å². The lowest BCUT2D eigenvalue weighted by atomic mass is 9.84. The first-order valence-electron chi connectivity index (χ1n) is 16.7. The van der Waals surface area contributed by atoms with Crippen molar-refractivity contribution in [1.29, 1.82) is 0 Å². The fourth-order valence-electron chi connectivity index (χ4n) is 6.46. The largest absolute Gasteiger partial charge is 0.369 e. The smallest absolute Gasteiger partial charge is 0.0691 e. The molecule has 0 atom stereocenters. The minimum Gasteiger partial charge on any atom is -0.369 e. The number of unbranched alkanes of at least 4 members (excludes halogenated alkanes) is 16. The van der Waals surface area contributed by atoms with Gasteiger partial charge in [0.05, 0.1) is 11.2 Å². The molecule has 0 aromatic heterocycles. The third-order valence-corrected chi connectivity index (χ3v) is 8.82. The summed E-state index contributed by atoms with van der Waals surface area (Å²) in [5.41, 5.74) is 23.1. The summed E-state index contributed by atoms with van der Waals surface area (Å²) < 4.78 is 7.37. The number of nitrogens with two attached hydrogens (primary N) is 4. The molecular formula is C32H68N4O. The van der Waals surface area contributed by atoms with Crippen LogP contribution in [0.15, 0.2) is 0 Å². The maximum atomic E-state index is 7.37. The Hall–Kier alpha value is -0.200. The molecule has 1 aliphatic rings. The highest BCUT2D eigenvalue weighted by atomic mass is 16.5. The van der Waals surface area contributed by atoms with Crippen LogP contribution in [0.4, 0.5) is 0 Å². The third kappa shape index (κ3) is 17.2. The van der Waals surface area contributed by atoms with Crippen molar-refractivity contribution < 1.29 is 4.74 Å². The highest BCUT2D eigenvalue weighted by Gasteiger charge is 2.47. The van der Waals surface area contributed by atoms with Crippen molar-refractivity contribution in [2.24, 2.45) is 22.9 Å². The average molecular weight is 525 g/mol. The van der Waals surface area contributed by atoms with Gasteiger partial charge in [-0.2, -0.15) is 0 Å². The molecule has 0 radical (unpaired) electrons. The number of ether oxygens (including phenoxy) is 1. The highest BCUT2D eigenvalue weighted by Crippen LogP contribution is 2.48. The molecule has 0 aromatic rings. The molecule has 222 valence electrons. The van der Waals surface area contributed by atoms with E-state index in [4.69, 9.17) is 27.7 Å². The molecule has 0 aliphatic carbocycles. The Bertz CT molecular complexity index is 413. The van der Waals surface area contributed by atoms with Crippen molar-refractivity contribution in [3.05, 3.63) is 0 Å². The quantitative estimate of drug-likeness (QED) is 0.0793. The zero-order chi connectivity index (χ0) is 26.9. The zero-order valence-corrected chi connectivity index (χ0v) is 24.9. The first kappa shape index (κ1) is 34.8. The summed E-state index contributed by atoms with van der Waals surface area (Å²) >= 11 is 0. The molecule has 8 N–H and O–H groups in total. The Balaban J connectivity index is 2.70. The van der Waals surface area contributed by atoms with Gasteiger partial charge in [-0.15, -0.1) is 0 Å². The molecule has 5 nitrogen and oxygen atoms in total. The summed E-state index contributed by atoms with van der Waals surface area (Å²) in [4.78, 5) is 0. The van der Waals surface area contributed by atoms with E-state index in [-0.39, 0.29) is 11.2 Å². The van der Waals surface area contributed by atoms with Crippen molar-refractivity contribution in [3.63, 3.8) is 0 Å². The monoisotopic (exact) mass is 525 g/mol. The van der Waals surface area contributed by atoms with Gasteiger partial charge >= 0.3 is 0 Å².